The topological polar surface area (TPSA) is 31.3 Å². The first-order valence-electron chi connectivity index (χ1n) is 12.7. The largest absolute Gasteiger partial charge is 0.506 e. The standard InChI is InChI=1S/C17H18FNO.C13H19N2S.2ClH.Ru/c1-12(2)20-17-7-5-4-6-16(17)19-11-14-8-9-15(18)10-13(14)3;1-10-7-11(2)13(12(3)8-10)14-5-6-15(9-14)16-4;;;/h3-10,12,19H,11H2,1-2H3;7-9H,5-6H2,1-4H3;2*1H;/q;-1;;;+2/p-1. The SMILES string of the molecule is CC(C)[OH+]c1ccccc1NCc1ccc(F)cc1[CH]=[Ru]([Cl])[Cl].CSN1[CH-]N(c2c(C)cc(C)cc2C)CC1. The van der Waals surface area contributed by atoms with Crippen LogP contribution < -0.4 is 10.2 Å². The predicted octanol–water partition coefficient (Wildman–Crippen LogP) is 8.29. The van der Waals surface area contributed by atoms with Crippen molar-refractivity contribution >= 4 is 47.3 Å². The molecular weight excluding hydrogens is 641 g/mol. The number of nitrogens with zero attached hydrogens (tertiary/aromatic N) is 2. The molecule has 0 saturated carbocycles. The van der Waals surface area contributed by atoms with E-state index in [1.807, 2.05) is 38.1 Å². The van der Waals surface area contributed by atoms with Crippen LogP contribution >= 0.6 is 31.3 Å². The Kier molecular flexibility index (Phi) is 12.6. The molecule has 2 N–H and O–H groups in total. The van der Waals surface area contributed by atoms with E-state index in [9.17, 15) is 4.39 Å². The molecule has 0 unspecified atom stereocenters. The van der Waals surface area contributed by atoms with Gasteiger partial charge in [-0.3, -0.25) is 0 Å². The van der Waals surface area contributed by atoms with E-state index < -0.39 is 13.5 Å². The number of para-hydroxylation sites is 2. The fourth-order valence-corrected chi connectivity index (χ4v) is 6.85. The molecule has 214 valence electrons. The van der Waals surface area contributed by atoms with E-state index in [2.05, 4.69) is 65.1 Å². The third-order valence-electron chi connectivity index (χ3n) is 6.05. The van der Waals surface area contributed by atoms with Gasteiger partial charge in [0.25, 0.3) is 0 Å². The van der Waals surface area contributed by atoms with Crippen LogP contribution in [0.3, 0.4) is 0 Å². The Morgan fingerprint density at radius 3 is 2.38 bits per heavy atom. The number of aromatic hydroxyl groups is 1. The van der Waals surface area contributed by atoms with Crippen molar-refractivity contribution in [3.63, 3.8) is 0 Å². The van der Waals surface area contributed by atoms with Gasteiger partial charge in [0.05, 0.1) is 0 Å². The molecule has 1 fully saturated rings. The van der Waals surface area contributed by atoms with Crippen molar-refractivity contribution in [1.82, 2.24) is 4.31 Å². The normalized spacial score (nSPS) is 13.7. The van der Waals surface area contributed by atoms with E-state index >= 15 is 0 Å². The first kappa shape index (κ1) is 31.9. The van der Waals surface area contributed by atoms with Crippen LogP contribution in [0.1, 0.15) is 41.7 Å². The maximum Gasteiger partial charge on any atom is 0.0142 e. The molecule has 4 nitrogen and oxygen atoms in total. The van der Waals surface area contributed by atoms with Gasteiger partial charge in [-0.25, -0.2) is 0 Å². The maximum absolute atomic E-state index is 13.4. The van der Waals surface area contributed by atoms with Gasteiger partial charge in [-0.1, -0.05) is 17.7 Å². The third-order valence-corrected chi connectivity index (χ3v) is 8.63. The Hall–Kier alpha value is -1.63. The van der Waals surface area contributed by atoms with Crippen LogP contribution in [-0.2, 0) is 20.1 Å². The van der Waals surface area contributed by atoms with Crippen LogP contribution in [0.5, 0.6) is 5.75 Å². The van der Waals surface area contributed by atoms with Gasteiger partial charge in [-0.15, -0.1) is 11.9 Å². The Balaban J connectivity index is 0.000000230. The minimum absolute atomic E-state index is 0.215. The van der Waals surface area contributed by atoms with Crippen molar-refractivity contribution in [2.24, 2.45) is 0 Å². The first-order chi connectivity index (χ1) is 18.6. The number of hydrogen-bond acceptors (Lipinski definition) is 4. The van der Waals surface area contributed by atoms with Crippen LogP contribution in [0, 0.1) is 33.3 Å². The quantitative estimate of drug-likeness (QED) is 0.0854. The molecule has 0 bridgehead atoms. The molecule has 1 heterocycles. The number of anilines is 2. The van der Waals surface area contributed by atoms with Crippen molar-refractivity contribution in [3.8, 4) is 5.75 Å². The van der Waals surface area contributed by atoms with Gasteiger partial charge in [-0.2, -0.15) is 6.67 Å². The van der Waals surface area contributed by atoms with Gasteiger partial charge in [-0.05, 0) is 44.7 Å². The van der Waals surface area contributed by atoms with Crippen LogP contribution in [0.15, 0.2) is 54.6 Å². The molecule has 4 rings (SSSR count). The summed E-state index contributed by atoms with van der Waals surface area (Å²) < 4.78 is 22.1. The van der Waals surface area contributed by atoms with Gasteiger partial charge in [0, 0.05) is 12.2 Å². The van der Waals surface area contributed by atoms with Crippen LogP contribution in [0.25, 0.3) is 0 Å². The second-order valence-electron chi connectivity index (χ2n) is 9.62. The number of nitrogens with one attached hydrogen (secondary N) is 1. The van der Waals surface area contributed by atoms with Gasteiger partial charge in [0.1, 0.15) is 0 Å². The summed E-state index contributed by atoms with van der Waals surface area (Å²) in [5, 5.41) is 3.36. The Labute approximate surface area is 250 Å². The van der Waals surface area contributed by atoms with Gasteiger partial charge >= 0.3 is 149 Å². The van der Waals surface area contributed by atoms with E-state index in [4.69, 9.17) is 19.4 Å². The van der Waals surface area contributed by atoms with Crippen molar-refractivity contribution in [1.29, 1.82) is 0 Å². The molecule has 3 aromatic carbocycles. The number of hydrogen-bond donors (Lipinski definition) is 1. The Bertz CT molecular complexity index is 1260. The Morgan fingerprint density at radius 2 is 1.77 bits per heavy atom. The molecule has 0 spiro atoms. The first-order valence-corrected chi connectivity index (χ1v) is 19.4. The second kappa shape index (κ2) is 15.4. The van der Waals surface area contributed by atoms with E-state index in [0.717, 1.165) is 35.7 Å². The summed E-state index contributed by atoms with van der Waals surface area (Å²) in [6.07, 6.45) is 2.33. The van der Waals surface area contributed by atoms with Crippen molar-refractivity contribution in [2.45, 2.75) is 47.3 Å². The van der Waals surface area contributed by atoms with Gasteiger partial charge in [0.2, 0.25) is 0 Å². The third kappa shape index (κ3) is 9.76. The van der Waals surface area contributed by atoms with Crippen LogP contribution in [-0.4, -0.2) is 39.1 Å². The fraction of sp³-hybridized carbons (Fsp3) is 0.333. The molecule has 3 aromatic rings. The summed E-state index contributed by atoms with van der Waals surface area (Å²) in [6.45, 7) is 15.6. The number of aliphatic hydroxyl groups is 1. The zero-order chi connectivity index (χ0) is 28.5. The summed E-state index contributed by atoms with van der Waals surface area (Å²) in [5.74, 6) is 0.622. The Morgan fingerprint density at radius 1 is 1.08 bits per heavy atom. The summed E-state index contributed by atoms with van der Waals surface area (Å²) in [4.78, 5) is 2.36. The molecule has 0 aliphatic carbocycles. The zero-order valence-corrected chi connectivity index (χ0v) is 27.4. The molecule has 39 heavy (non-hydrogen) atoms. The maximum atomic E-state index is 13.4. The number of rotatable bonds is 8. The average Bonchev–Trinajstić information content (AvgIpc) is 3.32. The minimum atomic E-state index is -2.01. The van der Waals surface area contributed by atoms with E-state index in [1.54, 1.807) is 22.6 Å². The number of benzene rings is 3. The molecule has 0 radical (unpaired) electrons. The van der Waals surface area contributed by atoms with E-state index in [0.29, 0.717) is 6.54 Å². The molecule has 1 saturated heterocycles. The predicted molar refractivity (Wildman–Crippen MR) is 166 cm³/mol. The minimum Gasteiger partial charge on any atom is -0.506 e. The average molecular weight is 680 g/mol. The van der Waals surface area contributed by atoms with Crippen LogP contribution in [0.4, 0.5) is 15.8 Å². The number of halogens is 3. The fourth-order valence-electron chi connectivity index (χ4n) is 4.52. The van der Waals surface area contributed by atoms with Crippen molar-refractivity contribution < 1.29 is 22.6 Å². The van der Waals surface area contributed by atoms with Gasteiger partial charge < -0.3 is 9.21 Å². The molecule has 0 amide bonds. The van der Waals surface area contributed by atoms with E-state index in [-0.39, 0.29) is 11.9 Å². The summed E-state index contributed by atoms with van der Waals surface area (Å²) in [5.41, 5.74) is 8.11. The molecular formula is C30H38Cl2FN3ORuS. The molecule has 0 atom stereocenters. The smallest absolute Gasteiger partial charge is 0.0142 e. The summed E-state index contributed by atoms with van der Waals surface area (Å²) in [7, 11) is 11.9. The van der Waals surface area contributed by atoms with Crippen LogP contribution in [0.2, 0.25) is 0 Å². The number of aryl methyl sites for hydroxylation is 3. The molecule has 1 aliphatic heterocycles. The monoisotopic (exact) mass is 679 g/mol. The van der Waals surface area contributed by atoms with Crippen molar-refractivity contribution in [3.05, 3.63) is 94.9 Å². The summed E-state index contributed by atoms with van der Waals surface area (Å²) >= 11 is -0.227. The zero-order valence-electron chi connectivity index (χ0n) is 23.3. The van der Waals surface area contributed by atoms with Gasteiger partial charge in [0.15, 0.2) is 0 Å². The van der Waals surface area contributed by atoms with Crippen molar-refractivity contribution in [2.75, 3.05) is 29.6 Å². The van der Waals surface area contributed by atoms with E-state index in [1.165, 1.54) is 34.5 Å². The number of ether oxygens (including phenoxy) is 1. The second-order valence-corrected chi connectivity index (χ2v) is 16.2. The molecule has 1 aliphatic rings. The molecule has 0 aromatic heterocycles. The molecule has 9 heteroatoms. The summed E-state index contributed by atoms with van der Waals surface area (Å²) in [6, 6.07) is 17.1.